The number of aliphatic imine (C=N–C) groups is 1. The number of hydrogen-bond donors (Lipinski definition) is 2. The first kappa shape index (κ1) is 18.6. The molecular weight excluding hydrogens is 342 g/mol. The maximum atomic E-state index is 5.12. The maximum Gasteiger partial charge on any atom is 0.226 e. The van der Waals surface area contributed by atoms with E-state index in [-0.39, 0.29) is 0 Å². The molecule has 0 saturated heterocycles. The zero-order valence-electron chi connectivity index (χ0n) is 15.7. The molecule has 0 radical (unpaired) electrons. The molecule has 0 fully saturated rings. The predicted octanol–water partition coefficient (Wildman–Crippen LogP) is 1.92. The molecule has 0 aliphatic rings. The Balaban J connectivity index is 1.46. The van der Waals surface area contributed by atoms with Crippen LogP contribution in [0.1, 0.15) is 29.3 Å². The molecule has 2 aromatic heterocycles. The zero-order valence-corrected chi connectivity index (χ0v) is 15.7. The van der Waals surface area contributed by atoms with Gasteiger partial charge >= 0.3 is 0 Å². The summed E-state index contributed by atoms with van der Waals surface area (Å²) < 4.78 is 7.04. The van der Waals surface area contributed by atoms with E-state index in [1.54, 1.807) is 13.2 Å². The number of hydrogen-bond acceptors (Lipinski definition) is 5. The van der Waals surface area contributed by atoms with E-state index in [9.17, 15) is 0 Å². The molecule has 142 valence electrons. The van der Waals surface area contributed by atoms with Crippen LogP contribution in [0.25, 0.3) is 0 Å². The number of benzene rings is 1. The first-order valence-electron chi connectivity index (χ1n) is 9.02. The molecule has 2 heterocycles. The second-order valence-electron chi connectivity index (χ2n) is 6.16. The van der Waals surface area contributed by atoms with Crippen molar-refractivity contribution in [2.45, 2.75) is 32.9 Å². The summed E-state index contributed by atoms with van der Waals surface area (Å²) in [6, 6.07) is 10.3. The van der Waals surface area contributed by atoms with Crippen LogP contribution in [0.2, 0.25) is 0 Å². The highest BCUT2D eigenvalue weighted by atomic mass is 16.5. The van der Waals surface area contributed by atoms with Crippen LogP contribution in [0.3, 0.4) is 0 Å². The third kappa shape index (κ3) is 5.67. The van der Waals surface area contributed by atoms with Crippen molar-refractivity contribution in [2.75, 3.05) is 13.6 Å². The van der Waals surface area contributed by atoms with Crippen LogP contribution in [0, 0.1) is 6.92 Å². The fourth-order valence-electron chi connectivity index (χ4n) is 2.74. The van der Waals surface area contributed by atoms with Crippen molar-refractivity contribution >= 4 is 5.96 Å². The molecule has 0 bridgehead atoms. The van der Waals surface area contributed by atoms with Gasteiger partial charge in [0.2, 0.25) is 5.89 Å². The molecule has 0 amide bonds. The predicted molar refractivity (Wildman–Crippen MR) is 103 cm³/mol. The first-order valence-corrected chi connectivity index (χ1v) is 9.02. The van der Waals surface area contributed by atoms with Crippen LogP contribution < -0.4 is 10.6 Å². The molecule has 0 saturated carbocycles. The summed E-state index contributed by atoms with van der Waals surface area (Å²) in [6.45, 7) is 4.04. The van der Waals surface area contributed by atoms with E-state index in [0.717, 1.165) is 31.9 Å². The van der Waals surface area contributed by atoms with Crippen molar-refractivity contribution < 1.29 is 4.52 Å². The minimum absolute atomic E-state index is 0.671. The minimum Gasteiger partial charge on any atom is -0.356 e. The van der Waals surface area contributed by atoms with Crippen molar-refractivity contribution in [3.05, 3.63) is 65.6 Å². The number of rotatable bonds is 8. The summed E-state index contributed by atoms with van der Waals surface area (Å²) in [4.78, 5) is 8.49. The Kier molecular flexibility index (Phi) is 6.56. The number of nitrogens with zero attached hydrogens (tertiary/aromatic N) is 5. The second kappa shape index (κ2) is 9.51. The molecule has 0 aliphatic heterocycles. The molecule has 1 aromatic carbocycles. The topological polar surface area (TPSA) is 93.2 Å². The molecule has 0 spiro atoms. The first-order chi connectivity index (χ1) is 13.2. The lowest BCUT2D eigenvalue weighted by atomic mass is 10.1. The van der Waals surface area contributed by atoms with Gasteiger partial charge in [0.05, 0.1) is 6.54 Å². The molecule has 0 atom stereocenters. The lowest BCUT2D eigenvalue weighted by molar-refractivity contribution is 0.372. The van der Waals surface area contributed by atoms with Crippen LogP contribution in [0.5, 0.6) is 0 Å². The molecule has 0 unspecified atom stereocenters. The smallest absolute Gasteiger partial charge is 0.226 e. The van der Waals surface area contributed by atoms with Crippen molar-refractivity contribution in [1.82, 2.24) is 30.6 Å². The van der Waals surface area contributed by atoms with Crippen LogP contribution in [0.15, 0.2) is 52.2 Å². The summed E-state index contributed by atoms with van der Waals surface area (Å²) in [7, 11) is 1.77. The average molecular weight is 367 g/mol. The van der Waals surface area contributed by atoms with Gasteiger partial charge in [0.25, 0.3) is 0 Å². The highest BCUT2D eigenvalue weighted by Crippen LogP contribution is 2.10. The van der Waals surface area contributed by atoms with Gasteiger partial charge < -0.3 is 15.2 Å². The fraction of sp³-hybridized carbons (Fsp3) is 0.368. The highest BCUT2D eigenvalue weighted by molar-refractivity contribution is 5.79. The van der Waals surface area contributed by atoms with Gasteiger partial charge in [-0.05, 0) is 30.5 Å². The second-order valence-corrected chi connectivity index (χ2v) is 6.16. The lowest BCUT2D eigenvalue weighted by Gasteiger charge is -2.14. The summed E-state index contributed by atoms with van der Waals surface area (Å²) in [6.07, 6.45) is 5.40. The number of aromatic nitrogens is 4. The van der Waals surface area contributed by atoms with Crippen molar-refractivity contribution in [3.63, 3.8) is 0 Å². The summed E-state index contributed by atoms with van der Waals surface area (Å²) in [5.41, 5.74) is 2.45. The van der Waals surface area contributed by atoms with E-state index in [1.165, 1.54) is 11.1 Å². The van der Waals surface area contributed by atoms with Crippen LogP contribution in [0.4, 0.5) is 0 Å². The molecule has 8 nitrogen and oxygen atoms in total. The Morgan fingerprint density at radius 2 is 2.04 bits per heavy atom. The van der Waals surface area contributed by atoms with Crippen molar-refractivity contribution in [3.8, 4) is 0 Å². The quantitative estimate of drug-likeness (QED) is 0.359. The number of aryl methyl sites for hydroxylation is 2. The van der Waals surface area contributed by atoms with Gasteiger partial charge in [-0.3, -0.25) is 9.67 Å². The largest absolute Gasteiger partial charge is 0.356 e. The molecule has 27 heavy (non-hydrogen) atoms. The van der Waals surface area contributed by atoms with E-state index < -0.39 is 0 Å². The van der Waals surface area contributed by atoms with Crippen molar-refractivity contribution in [1.29, 1.82) is 0 Å². The van der Waals surface area contributed by atoms with Gasteiger partial charge in [-0.25, -0.2) is 0 Å². The molecule has 0 aliphatic carbocycles. The summed E-state index contributed by atoms with van der Waals surface area (Å²) in [5.74, 6) is 2.11. The van der Waals surface area contributed by atoms with E-state index in [0.29, 0.717) is 18.3 Å². The Labute approximate surface area is 158 Å². The van der Waals surface area contributed by atoms with Gasteiger partial charge in [-0.15, -0.1) is 0 Å². The van der Waals surface area contributed by atoms with Gasteiger partial charge in [0.15, 0.2) is 11.8 Å². The molecular formula is C19H25N7O. The van der Waals surface area contributed by atoms with E-state index in [2.05, 4.69) is 49.1 Å². The summed E-state index contributed by atoms with van der Waals surface area (Å²) in [5, 5.41) is 14.8. The maximum absolute atomic E-state index is 5.12. The van der Waals surface area contributed by atoms with Crippen LogP contribution in [-0.2, 0) is 19.5 Å². The lowest BCUT2D eigenvalue weighted by Crippen LogP contribution is -2.37. The average Bonchev–Trinajstić information content (AvgIpc) is 3.34. The van der Waals surface area contributed by atoms with Gasteiger partial charge in [0.1, 0.15) is 0 Å². The Bertz CT molecular complexity index is 855. The number of nitrogens with one attached hydrogen (secondary N) is 2. The normalized spacial score (nSPS) is 11.6. The molecule has 8 heteroatoms. The summed E-state index contributed by atoms with van der Waals surface area (Å²) >= 11 is 0. The Morgan fingerprint density at radius 1 is 1.19 bits per heavy atom. The monoisotopic (exact) mass is 367 g/mol. The van der Waals surface area contributed by atoms with Crippen molar-refractivity contribution in [2.24, 2.45) is 4.99 Å². The third-order valence-electron chi connectivity index (χ3n) is 4.11. The SMILES string of the molecule is CN=C(NCCCc1nc(C)no1)NCc1ccccc1Cn1cccn1. The van der Waals surface area contributed by atoms with Gasteiger partial charge in [0, 0.05) is 39.0 Å². The third-order valence-corrected chi connectivity index (χ3v) is 4.11. The van der Waals surface area contributed by atoms with E-state index in [4.69, 9.17) is 4.52 Å². The molecule has 2 N–H and O–H groups in total. The molecule has 3 rings (SSSR count). The Morgan fingerprint density at radius 3 is 2.74 bits per heavy atom. The van der Waals surface area contributed by atoms with E-state index >= 15 is 0 Å². The zero-order chi connectivity index (χ0) is 18.9. The van der Waals surface area contributed by atoms with E-state index in [1.807, 2.05) is 29.9 Å². The Hall–Kier alpha value is -3.16. The van der Waals surface area contributed by atoms with Crippen LogP contribution >= 0.6 is 0 Å². The van der Waals surface area contributed by atoms with Crippen LogP contribution in [-0.4, -0.2) is 39.5 Å². The highest BCUT2D eigenvalue weighted by Gasteiger charge is 2.05. The minimum atomic E-state index is 0.671. The standard InChI is InChI=1S/C19H25N7O/c1-15-24-18(27-25-15)9-5-10-21-19(20-2)22-13-16-7-3-4-8-17(16)14-26-12-6-11-23-26/h3-4,6-8,11-12H,5,9-10,13-14H2,1-2H3,(H2,20,21,22). The number of guanidine groups is 1. The molecule has 3 aromatic rings. The fourth-order valence-corrected chi connectivity index (χ4v) is 2.74. The van der Waals surface area contributed by atoms with Gasteiger partial charge in [-0.2, -0.15) is 10.1 Å². The van der Waals surface area contributed by atoms with Gasteiger partial charge in [-0.1, -0.05) is 29.4 Å².